The standard InChI is InChI=1S/C21H22N2O2S/c1-16(26-18-8-3-2-4-9-18)20(23-13-11-22-12-14-23)21(25)19-10-6-5-7-17(19)15-24/h2-10,15,22H,11-14H2,1H3/b20-16-. The van der Waals surface area contributed by atoms with E-state index >= 15 is 0 Å². The number of aldehydes is 1. The summed E-state index contributed by atoms with van der Waals surface area (Å²) in [6, 6.07) is 17.0. The predicted molar refractivity (Wildman–Crippen MR) is 106 cm³/mol. The Morgan fingerprint density at radius 1 is 1.04 bits per heavy atom. The zero-order chi connectivity index (χ0) is 18.4. The molecule has 4 nitrogen and oxygen atoms in total. The molecule has 2 aromatic rings. The summed E-state index contributed by atoms with van der Waals surface area (Å²) in [5, 5.41) is 3.32. The molecule has 1 aliphatic rings. The molecule has 0 unspecified atom stereocenters. The Labute approximate surface area is 158 Å². The van der Waals surface area contributed by atoms with Gasteiger partial charge < -0.3 is 10.2 Å². The van der Waals surface area contributed by atoms with E-state index in [2.05, 4.69) is 10.2 Å². The molecule has 0 radical (unpaired) electrons. The van der Waals surface area contributed by atoms with Crippen LogP contribution < -0.4 is 5.32 Å². The highest BCUT2D eigenvalue weighted by Gasteiger charge is 2.25. The lowest BCUT2D eigenvalue weighted by Crippen LogP contribution is -2.44. The minimum atomic E-state index is -0.0875. The molecule has 1 heterocycles. The topological polar surface area (TPSA) is 49.4 Å². The molecule has 26 heavy (non-hydrogen) atoms. The maximum atomic E-state index is 13.4. The van der Waals surface area contributed by atoms with Crippen LogP contribution in [-0.2, 0) is 0 Å². The van der Waals surface area contributed by atoms with E-state index in [1.807, 2.05) is 37.3 Å². The van der Waals surface area contributed by atoms with Crippen LogP contribution >= 0.6 is 11.8 Å². The zero-order valence-corrected chi connectivity index (χ0v) is 15.6. The van der Waals surface area contributed by atoms with Crippen LogP contribution in [0.4, 0.5) is 0 Å². The van der Waals surface area contributed by atoms with Gasteiger partial charge in [0.1, 0.15) is 0 Å². The minimum Gasteiger partial charge on any atom is -0.365 e. The van der Waals surface area contributed by atoms with Gasteiger partial charge in [-0.15, -0.1) is 0 Å². The molecule has 1 saturated heterocycles. The van der Waals surface area contributed by atoms with Crippen LogP contribution in [0.25, 0.3) is 0 Å². The van der Waals surface area contributed by atoms with Gasteiger partial charge in [0.2, 0.25) is 5.78 Å². The summed E-state index contributed by atoms with van der Waals surface area (Å²) in [6.07, 6.45) is 0.752. The van der Waals surface area contributed by atoms with Crippen LogP contribution in [0.5, 0.6) is 0 Å². The van der Waals surface area contributed by atoms with E-state index < -0.39 is 0 Å². The average Bonchev–Trinajstić information content (AvgIpc) is 2.69. The highest BCUT2D eigenvalue weighted by molar-refractivity contribution is 8.03. The molecule has 0 bridgehead atoms. The Balaban J connectivity index is 2.01. The van der Waals surface area contributed by atoms with Gasteiger partial charge >= 0.3 is 0 Å². The first-order valence-corrected chi connectivity index (χ1v) is 9.50. The van der Waals surface area contributed by atoms with Crippen molar-refractivity contribution in [2.24, 2.45) is 0 Å². The largest absolute Gasteiger partial charge is 0.365 e. The van der Waals surface area contributed by atoms with Crippen molar-refractivity contribution in [3.8, 4) is 0 Å². The molecule has 0 spiro atoms. The number of ketones is 1. The van der Waals surface area contributed by atoms with E-state index in [0.29, 0.717) is 16.8 Å². The summed E-state index contributed by atoms with van der Waals surface area (Å²) in [5.41, 5.74) is 1.58. The Kier molecular flexibility index (Phi) is 6.26. The third kappa shape index (κ3) is 4.23. The first-order valence-electron chi connectivity index (χ1n) is 8.69. The summed E-state index contributed by atoms with van der Waals surface area (Å²) in [5.74, 6) is -0.0875. The number of benzene rings is 2. The first kappa shape index (κ1) is 18.4. The Bertz CT molecular complexity index is 812. The number of Topliss-reactive ketones (excluding diaryl/α,β-unsaturated/α-hetero) is 1. The van der Waals surface area contributed by atoms with Gasteiger partial charge in [0.25, 0.3) is 0 Å². The summed E-state index contributed by atoms with van der Waals surface area (Å²) in [4.78, 5) is 28.9. The predicted octanol–water partition coefficient (Wildman–Crippen LogP) is 3.61. The number of thioether (sulfide) groups is 1. The van der Waals surface area contributed by atoms with Crippen LogP contribution in [-0.4, -0.2) is 43.1 Å². The van der Waals surface area contributed by atoms with Crippen LogP contribution in [0.1, 0.15) is 27.6 Å². The smallest absolute Gasteiger partial charge is 0.210 e. The van der Waals surface area contributed by atoms with Crippen LogP contribution in [0, 0.1) is 0 Å². The summed E-state index contributed by atoms with van der Waals surface area (Å²) in [6.45, 7) is 5.22. The highest BCUT2D eigenvalue weighted by Crippen LogP contribution is 2.31. The van der Waals surface area contributed by atoms with Gasteiger partial charge in [-0.1, -0.05) is 54.2 Å². The number of hydrogen-bond donors (Lipinski definition) is 1. The van der Waals surface area contributed by atoms with Gasteiger partial charge in [0.05, 0.1) is 5.70 Å². The van der Waals surface area contributed by atoms with Gasteiger partial charge in [0, 0.05) is 47.1 Å². The molecule has 0 atom stereocenters. The number of allylic oxidation sites excluding steroid dienone is 2. The average molecular weight is 366 g/mol. The maximum absolute atomic E-state index is 13.4. The number of hydrogen-bond acceptors (Lipinski definition) is 5. The molecular formula is C21H22N2O2S. The maximum Gasteiger partial charge on any atom is 0.210 e. The van der Waals surface area contributed by atoms with Gasteiger partial charge in [-0.3, -0.25) is 9.59 Å². The molecular weight excluding hydrogens is 344 g/mol. The molecule has 3 rings (SSSR count). The van der Waals surface area contributed by atoms with Crippen molar-refractivity contribution in [3.05, 3.63) is 76.3 Å². The molecule has 1 N–H and O–H groups in total. The Hall–Kier alpha value is -2.37. The summed E-state index contributed by atoms with van der Waals surface area (Å²) >= 11 is 1.59. The molecule has 2 aromatic carbocycles. The van der Waals surface area contributed by atoms with Gasteiger partial charge in [-0.05, 0) is 19.1 Å². The third-order valence-corrected chi connectivity index (χ3v) is 5.34. The molecule has 1 fully saturated rings. The van der Waals surface area contributed by atoms with Crippen molar-refractivity contribution >= 4 is 23.8 Å². The van der Waals surface area contributed by atoms with E-state index in [1.54, 1.807) is 36.0 Å². The Morgan fingerprint density at radius 2 is 1.69 bits per heavy atom. The number of nitrogens with one attached hydrogen (secondary N) is 1. The van der Waals surface area contributed by atoms with Crippen molar-refractivity contribution in [3.63, 3.8) is 0 Å². The zero-order valence-electron chi connectivity index (χ0n) is 14.8. The normalized spacial score (nSPS) is 15.3. The Morgan fingerprint density at radius 3 is 2.38 bits per heavy atom. The fourth-order valence-corrected chi connectivity index (χ4v) is 4.03. The van der Waals surface area contributed by atoms with E-state index in [-0.39, 0.29) is 5.78 Å². The van der Waals surface area contributed by atoms with Crippen molar-refractivity contribution in [2.45, 2.75) is 11.8 Å². The number of rotatable bonds is 6. The van der Waals surface area contributed by atoms with Gasteiger partial charge in [-0.2, -0.15) is 0 Å². The van der Waals surface area contributed by atoms with Crippen molar-refractivity contribution < 1.29 is 9.59 Å². The second-order valence-corrected chi connectivity index (χ2v) is 7.38. The van der Waals surface area contributed by atoms with E-state index in [4.69, 9.17) is 0 Å². The number of carbonyl (C=O) groups excluding carboxylic acids is 2. The van der Waals surface area contributed by atoms with Crippen LogP contribution in [0.2, 0.25) is 0 Å². The van der Waals surface area contributed by atoms with Gasteiger partial charge in [-0.25, -0.2) is 0 Å². The quantitative estimate of drug-likeness (QED) is 0.366. The van der Waals surface area contributed by atoms with E-state index in [1.165, 1.54) is 0 Å². The molecule has 1 aliphatic heterocycles. The molecule has 0 amide bonds. The number of carbonyl (C=O) groups is 2. The lowest BCUT2D eigenvalue weighted by Gasteiger charge is -2.32. The van der Waals surface area contributed by atoms with Crippen molar-refractivity contribution in [2.75, 3.05) is 26.2 Å². The molecule has 0 aliphatic carbocycles. The molecule has 5 heteroatoms. The fourth-order valence-electron chi connectivity index (χ4n) is 3.06. The lowest BCUT2D eigenvalue weighted by atomic mass is 10.0. The monoisotopic (exact) mass is 366 g/mol. The molecule has 0 saturated carbocycles. The molecule has 134 valence electrons. The minimum absolute atomic E-state index is 0.0875. The number of piperazine rings is 1. The summed E-state index contributed by atoms with van der Waals surface area (Å²) in [7, 11) is 0. The fraction of sp³-hybridized carbons (Fsp3) is 0.238. The van der Waals surface area contributed by atoms with Crippen LogP contribution in [0.15, 0.2) is 70.1 Å². The second kappa shape index (κ2) is 8.83. The summed E-state index contributed by atoms with van der Waals surface area (Å²) < 4.78 is 0. The molecule has 0 aromatic heterocycles. The second-order valence-electron chi connectivity index (χ2n) is 6.09. The van der Waals surface area contributed by atoms with E-state index in [9.17, 15) is 9.59 Å². The third-order valence-electron chi connectivity index (χ3n) is 4.33. The highest BCUT2D eigenvalue weighted by atomic mass is 32.2. The lowest BCUT2D eigenvalue weighted by molar-refractivity contribution is 0.0978. The SMILES string of the molecule is C/C(Sc1ccccc1)=C(\C(=O)c1ccccc1C=O)N1CCNCC1. The first-order chi connectivity index (χ1) is 12.7. The van der Waals surface area contributed by atoms with E-state index in [0.717, 1.165) is 42.3 Å². The van der Waals surface area contributed by atoms with Crippen LogP contribution in [0.3, 0.4) is 0 Å². The van der Waals surface area contributed by atoms with Crippen molar-refractivity contribution in [1.29, 1.82) is 0 Å². The number of nitrogens with zero attached hydrogens (tertiary/aromatic N) is 1. The van der Waals surface area contributed by atoms with Crippen molar-refractivity contribution in [1.82, 2.24) is 10.2 Å². The van der Waals surface area contributed by atoms with Gasteiger partial charge in [0.15, 0.2) is 6.29 Å².